The highest BCUT2D eigenvalue weighted by Gasteiger charge is 2.26. The van der Waals surface area contributed by atoms with Crippen LogP contribution in [0.25, 0.3) is 0 Å². The molecule has 1 aromatic heterocycles. The number of benzene rings is 1. The van der Waals surface area contributed by atoms with Gasteiger partial charge >= 0.3 is 0 Å². The molecule has 5 nitrogen and oxygen atoms in total. The molecule has 0 bridgehead atoms. The molecule has 0 spiro atoms. The van der Waals surface area contributed by atoms with Gasteiger partial charge in [-0.3, -0.25) is 4.90 Å². The molecule has 0 saturated carbocycles. The molecule has 2 aromatic rings. The van der Waals surface area contributed by atoms with Crippen molar-refractivity contribution in [3.63, 3.8) is 0 Å². The Bertz CT molecular complexity index is 661. The number of aromatic nitrogens is 2. The van der Waals surface area contributed by atoms with Gasteiger partial charge in [0.15, 0.2) is 11.5 Å². The summed E-state index contributed by atoms with van der Waals surface area (Å²) in [4.78, 5) is 11.5. The molecule has 2 heterocycles. The van der Waals surface area contributed by atoms with E-state index in [1.807, 2.05) is 12.4 Å². The summed E-state index contributed by atoms with van der Waals surface area (Å²) in [5.74, 6) is 2.64. The first-order chi connectivity index (χ1) is 11.8. The lowest BCUT2D eigenvalue weighted by molar-refractivity contribution is 0.133. The molecular formula is C18H25N3O2S. The summed E-state index contributed by atoms with van der Waals surface area (Å²) in [5.41, 5.74) is 1.28. The van der Waals surface area contributed by atoms with Crippen LogP contribution in [-0.4, -0.2) is 41.9 Å². The van der Waals surface area contributed by atoms with Crippen LogP contribution in [0.15, 0.2) is 29.4 Å². The van der Waals surface area contributed by atoms with Crippen LogP contribution in [0.1, 0.15) is 36.7 Å². The smallest absolute Gasteiger partial charge is 0.161 e. The number of imidazole rings is 1. The summed E-state index contributed by atoms with van der Waals surface area (Å²) in [7, 11) is 3.37. The van der Waals surface area contributed by atoms with Gasteiger partial charge in [-0.15, -0.1) is 11.8 Å². The first kappa shape index (κ1) is 17.2. The van der Waals surface area contributed by atoms with Crippen LogP contribution in [0.4, 0.5) is 0 Å². The zero-order valence-corrected chi connectivity index (χ0v) is 15.4. The van der Waals surface area contributed by atoms with Crippen molar-refractivity contribution in [3.05, 3.63) is 35.9 Å². The number of rotatable bonds is 6. The highest BCUT2D eigenvalue weighted by molar-refractivity contribution is 7.98. The van der Waals surface area contributed by atoms with Crippen molar-refractivity contribution in [3.8, 4) is 11.5 Å². The summed E-state index contributed by atoms with van der Waals surface area (Å²) < 4.78 is 10.9. The van der Waals surface area contributed by atoms with E-state index in [2.05, 4.69) is 33.3 Å². The van der Waals surface area contributed by atoms with Gasteiger partial charge in [0.05, 0.1) is 20.3 Å². The molecule has 1 atom stereocenters. The Balaban J connectivity index is 1.88. The summed E-state index contributed by atoms with van der Waals surface area (Å²) in [6, 6.07) is 4.54. The van der Waals surface area contributed by atoms with E-state index in [-0.39, 0.29) is 0 Å². The molecule has 1 fully saturated rings. The average Bonchev–Trinajstić information content (AvgIpc) is 3.16. The lowest BCUT2D eigenvalue weighted by atomic mass is 10.0. The number of likely N-dealkylation sites (tertiary alicyclic amines) is 1. The zero-order chi connectivity index (χ0) is 16.9. The number of methoxy groups -OCH3 is 2. The predicted octanol–water partition coefficient (Wildman–Crippen LogP) is 3.88. The van der Waals surface area contributed by atoms with E-state index >= 15 is 0 Å². The predicted molar refractivity (Wildman–Crippen MR) is 96.9 cm³/mol. The second-order valence-corrected chi connectivity index (χ2v) is 6.82. The van der Waals surface area contributed by atoms with Crippen molar-refractivity contribution in [1.82, 2.24) is 14.9 Å². The van der Waals surface area contributed by atoms with Gasteiger partial charge in [-0.05, 0) is 43.3 Å². The second kappa shape index (κ2) is 7.94. The van der Waals surface area contributed by atoms with Crippen LogP contribution < -0.4 is 9.47 Å². The Morgan fingerprint density at radius 1 is 1.25 bits per heavy atom. The standard InChI is InChI=1S/C18H25N3O2S/c1-22-15-10-13(17(24-3)11-16(15)23-2)12-21-9-5-4-6-14(21)18-19-7-8-20-18/h7-8,10-11,14H,4-6,9,12H2,1-3H3,(H,19,20)/t14-/m1/s1. The van der Waals surface area contributed by atoms with Gasteiger partial charge in [0.25, 0.3) is 0 Å². The summed E-state index contributed by atoms with van der Waals surface area (Å²) in [5, 5.41) is 0. The maximum absolute atomic E-state index is 5.49. The minimum absolute atomic E-state index is 0.358. The lowest BCUT2D eigenvalue weighted by Crippen LogP contribution is -2.33. The fourth-order valence-electron chi connectivity index (χ4n) is 3.38. The van der Waals surface area contributed by atoms with Crippen LogP contribution in [-0.2, 0) is 6.54 Å². The average molecular weight is 347 g/mol. The number of piperidine rings is 1. The fourth-order valence-corrected chi connectivity index (χ4v) is 3.99. The molecule has 1 aromatic carbocycles. The van der Waals surface area contributed by atoms with Crippen molar-refractivity contribution in [2.45, 2.75) is 36.7 Å². The maximum Gasteiger partial charge on any atom is 0.161 e. The molecule has 1 aliphatic rings. The van der Waals surface area contributed by atoms with Crippen LogP contribution in [0.5, 0.6) is 11.5 Å². The molecule has 3 rings (SSSR count). The van der Waals surface area contributed by atoms with Crippen LogP contribution in [0, 0.1) is 0 Å². The maximum atomic E-state index is 5.49. The number of thioether (sulfide) groups is 1. The lowest BCUT2D eigenvalue weighted by Gasteiger charge is -2.35. The fraction of sp³-hybridized carbons (Fsp3) is 0.500. The van der Waals surface area contributed by atoms with E-state index in [9.17, 15) is 0 Å². The quantitative estimate of drug-likeness (QED) is 0.804. The highest BCUT2D eigenvalue weighted by atomic mass is 32.2. The summed E-state index contributed by atoms with van der Waals surface area (Å²) in [6.07, 6.45) is 9.49. The third-order valence-electron chi connectivity index (χ3n) is 4.61. The van der Waals surface area contributed by atoms with Crippen LogP contribution in [0.3, 0.4) is 0 Å². The number of ether oxygens (including phenoxy) is 2. The van der Waals surface area contributed by atoms with E-state index in [0.717, 1.165) is 36.8 Å². The Morgan fingerprint density at radius 2 is 2.04 bits per heavy atom. The molecule has 130 valence electrons. The first-order valence-corrected chi connectivity index (χ1v) is 9.51. The number of H-pyrrole nitrogens is 1. The van der Waals surface area contributed by atoms with Crippen molar-refractivity contribution in [2.75, 3.05) is 27.0 Å². The second-order valence-electron chi connectivity index (χ2n) is 5.98. The van der Waals surface area contributed by atoms with Crippen LogP contribution in [0.2, 0.25) is 0 Å². The number of hydrogen-bond donors (Lipinski definition) is 1. The van der Waals surface area contributed by atoms with Crippen LogP contribution >= 0.6 is 11.8 Å². The molecule has 24 heavy (non-hydrogen) atoms. The Labute approximate surface area is 147 Å². The van der Waals surface area contributed by atoms with Crippen molar-refractivity contribution in [1.29, 1.82) is 0 Å². The third kappa shape index (κ3) is 3.54. The molecule has 0 radical (unpaired) electrons. The van der Waals surface area contributed by atoms with Gasteiger partial charge in [-0.25, -0.2) is 4.98 Å². The van der Waals surface area contributed by atoms with Gasteiger partial charge in [0.1, 0.15) is 5.82 Å². The molecule has 0 amide bonds. The molecule has 1 saturated heterocycles. The van der Waals surface area contributed by atoms with Gasteiger partial charge in [0, 0.05) is 23.8 Å². The molecular weight excluding hydrogens is 322 g/mol. The number of hydrogen-bond acceptors (Lipinski definition) is 5. The van der Waals surface area contributed by atoms with E-state index in [1.54, 1.807) is 26.0 Å². The van der Waals surface area contributed by atoms with Gasteiger partial charge in [-0.2, -0.15) is 0 Å². The third-order valence-corrected chi connectivity index (χ3v) is 5.43. The van der Waals surface area contributed by atoms with Crippen molar-refractivity contribution >= 4 is 11.8 Å². The van der Waals surface area contributed by atoms with E-state index < -0.39 is 0 Å². The Kier molecular flexibility index (Phi) is 5.68. The zero-order valence-electron chi connectivity index (χ0n) is 14.5. The largest absolute Gasteiger partial charge is 0.493 e. The van der Waals surface area contributed by atoms with E-state index in [0.29, 0.717) is 6.04 Å². The highest BCUT2D eigenvalue weighted by Crippen LogP contribution is 2.37. The normalized spacial score (nSPS) is 18.5. The summed E-state index contributed by atoms with van der Waals surface area (Å²) in [6.45, 7) is 1.98. The molecule has 1 N–H and O–H groups in total. The number of aromatic amines is 1. The molecule has 1 aliphatic heterocycles. The molecule has 0 aliphatic carbocycles. The molecule has 0 unspecified atom stereocenters. The first-order valence-electron chi connectivity index (χ1n) is 8.29. The van der Waals surface area contributed by atoms with E-state index in [4.69, 9.17) is 9.47 Å². The van der Waals surface area contributed by atoms with Crippen molar-refractivity contribution < 1.29 is 9.47 Å². The minimum atomic E-state index is 0.358. The van der Waals surface area contributed by atoms with Gasteiger partial charge < -0.3 is 14.5 Å². The number of nitrogens with zero attached hydrogens (tertiary/aromatic N) is 2. The molecule has 6 heteroatoms. The topological polar surface area (TPSA) is 50.4 Å². The monoisotopic (exact) mass is 347 g/mol. The van der Waals surface area contributed by atoms with Crippen molar-refractivity contribution in [2.24, 2.45) is 0 Å². The SMILES string of the molecule is COc1cc(CN2CCCC[C@@H]2c2ncc[nH]2)c(SC)cc1OC. The van der Waals surface area contributed by atoms with Gasteiger partial charge in [-0.1, -0.05) is 6.42 Å². The van der Waals surface area contributed by atoms with Gasteiger partial charge in [0.2, 0.25) is 0 Å². The summed E-state index contributed by atoms with van der Waals surface area (Å²) >= 11 is 1.75. The number of nitrogens with one attached hydrogen (secondary N) is 1. The Morgan fingerprint density at radius 3 is 2.71 bits per heavy atom. The Hall–Kier alpha value is -1.66. The minimum Gasteiger partial charge on any atom is -0.493 e. The van der Waals surface area contributed by atoms with E-state index in [1.165, 1.54) is 23.3 Å².